The molecule has 0 saturated carbocycles. The van der Waals surface area contributed by atoms with Gasteiger partial charge in [0.2, 0.25) is 5.91 Å². The van der Waals surface area contributed by atoms with Crippen molar-refractivity contribution >= 4 is 5.91 Å². The first-order valence-electron chi connectivity index (χ1n) is 11.9. The van der Waals surface area contributed by atoms with Crippen molar-refractivity contribution in [2.45, 2.75) is 20.0 Å². The first-order chi connectivity index (χ1) is 15.7. The summed E-state index contributed by atoms with van der Waals surface area (Å²) in [6.07, 6.45) is 0. The summed E-state index contributed by atoms with van der Waals surface area (Å²) >= 11 is 0. The van der Waals surface area contributed by atoms with E-state index in [1.165, 1.54) is 11.1 Å². The van der Waals surface area contributed by atoms with Crippen molar-refractivity contribution in [1.82, 2.24) is 19.6 Å². The summed E-state index contributed by atoms with van der Waals surface area (Å²) in [5.74, 6) is 1.21. The van der Waals surface area contributed by atoms with Crippen LogP contribution in [0, 0.1) is 0 Å². The molecule has 0 atom stereocenters. The normalized spacial score (nSPS) is 18.6. The van der Waals surface area contributed by atoms with E-state index in [2.05, 4.69) is 57.2 Å². The van der Waals surface area contributed by atoms with Crippen molar-refractivity contribution in [3.05, 3.63) is 65.7 Å². The molecule has 1 amide bonds. The van der Waals surface area contributed by atoms with Gasteiger partial charge in [-0.25, -0.2) is 0 Å². The fraction of sp³-hybridized carbons (Fsp3) is 0.500. The van der Waals surface area contributed by atoms with Crippen molar-refractivity contribution in [1.29, 1.82) is 0 Å². The zero-order valence-corrected chi connectivity index (χ0v) is 19.3. The van der Waals surface area contributed by atoms with Gasteiger partial charge in [-0.15, -0.1) is 0 Å². The summed E-state index contributed by atoms with van der Waals surface area (Å²) in [5.41, 5.74) is 2.65. The number of hydrogen-bond donors (Lipinski definition) is 0. The predicted molar refractivity (Wildman–Crippen MR) is 128 cm³/mol. The molecule has 0 radical (unpaired) electrons. The van der Waals surface area contributed by atoms with Crippen LogP contribution < -0.4 is 4.74 Å². The SMILES string of the molecule is CCOc1ccc(CN2CCN(CC(=O)N3CCN(Cc4ccccc4)CC3)CC2)cc1. The zero-order valence-electron chi connectivity index (χ0n) is 19.3. The van der Waals surface area contributed by atoms with Gasteiger partial charge in [-0.3, -0.25) is 19.5 Å². The fourth-order valence-electron chi connectivity index (χ4n) is 4.51. The van der Waals surface area contributed by atoms with Crippen LogP contribution in [0.2, 0.25) is 0 Å². The lowest BCUT2D eigenvalue weighted by molar-refractivity contribution is -0.134. The lowest BCUT2D eigenvalue weighted by atomic mass is 10.2. The number of nitrogens with zero attached hydrogens (tertiary/aromatic N) is 4. The molecule has 0 spiro atoms. The van der Waals surface area contributed by atoms with Gasteiger partial charge in [0.15, 0.2) is 0 Å². The third kappa shape index (κ3) is 6.55. The van der Waals surface area contributed by atoms with Gasteiger partial charge in [-0.2, -0.15) is 0 Å². The van der Waals surface area contributed by atoms with Crippen LogP contribution in [-0.4, -0.2) is 91.0 Å². The Morgan fingerprint density at radius 3 is 1.84 bits per heavy atom. The number of piperazine rings is 2. The molecular weight excluding hydrogens is 400 g/mol. The number of benzene rings is 2. The Kier molecular flexibility index (Phi) is 8.15. The van der Waals surface area contributed by atoms with Crippen LogP contribution in [0.4, 0.5) is 0 Å². The molecule has 0 aromatic heterocycles. The molecule has 2 aromatic rings. The van der Waals surface area contributed by atoms with E-state index < -0.39 is 0 Å². The van der Waals surface area contributed by atoms with Crippen LogP contribution in [0.5, 0.6) is 5.75 Å². The second-order valence-corrected chi connectivity index (χ2v) is 8.77. The topological polar surface area (TPSA) is 39.3 Å². The van der Waals surface area contributed by atoms with Gasteiger partial charge in [-0.05, 0) is 30.2 Å². The average molecular weight is 437 g/mol. The molecule has 0 unspecified atom stereocenters. The molecular formula is C26H36N4O2. The molecule has 172 valence electrons. The van der Waals surface area contributed by atoms with Gasteiger partial charge in [0.05, 0.1) is 13.2 Å². The molecule has 4 rings (SSSR count). The third-order valence-corrected chi connectivity index (χ3v) is 6.44. The first-order valence-corrected chi connectivity index (χ1v) is 11.9. The molecule has 32 heavy (non-hydrogen) atoms. The maximum atomic E-state index is 12.8. The maximum Gasteiger partial charge on any atom is 0.236 e. The Bertz CT molecular complexity index is 827. The Balaban J connectivity index is 1.15. The van der Waals surface area contributed by atoms with Gasteiger partial charge in [0, 0.05) is 65.4 Å². The molecule has 6 nitrogen and oxygen atoms in total. The molecule has 0 bridgehead atoms. The highest BCUT2D eigenvalue weighted by Gasteiger charge is 2.24. The minimum atomic E-state index is 0.282. The third-order valence-electron chi connectivity index (χ3n) is 6.44. The Morgan fingerprint density at radius 1 is 0.719 bits per heavy atom. The van der Waals surface area contributed by atoms with Gasteiger partial charge < -0.3 is 9.64 Å². The van der Waals surface area contributed by atoms with Crippen molar-refractivity contribution in [3.63, 3.8) is 0 Å². The lowest BCUT2D eigenvalue weighted by Gasteiger charge is -2.38. The maximum absolute atomic E-state index is 12.8. The van der Waals surface area contributed by atoms with Gasteiger partial charge in [-0.1, -0.05) is 42.5 Å². The van der Waals surface area contributed by atoms with Crippen LogP contribution in [0.1, 0.15) is 18.1 Å². The summed E-state index contributed by atoms with van der Waals surface area (Å²) in [5, 5.41) is 0. The molecule has 2 saturated heterocycles. The second-order valence-electron chi connectivity index (χ2n) is 8.77. The van der Waals surface area contributed by atoms with E-state index in [1.54, 1.807) is 0 Å². The molecule has 0 aliphatic carbocycles. The minimum absolute atomic E-state index is 0.282. The minimum Gasteiger partial charge on any atom is -0.494 e. The Hall–Kier alpha value is -2.41. The fourth-order valence-corrected chi connectivity index (χ4v) is 4.51. The number of amides is 1. The number of ether oxygens (including phenoxy) is 1. The summed E-state index contributed by atoms with van der Waals surface area (Å²) < 4.78 is 5.53. The van der Waals surface area contributed by atoms with Gasteiger partial charge >= 0.3 is 0 Å². The Morgan fingerprint density at radius 2 is 1.25 bits per heavy atom. The van der Waals surface area contributed by atoms with E-state index in [0.29, 0.717) is 13.2 Å². The Labute approximate surface area is 192 Å². The van der Waals surface area contributed by atoms with E-state index in [-0.39, 0.29) is 5.91 Å². The quantitative estimate of drug-likeness (QED) is 0.636. The van der Waals surface area contributed by atoms with E-state index in [0.717, 1.165) is 71.2 Å². The van der Waals surface area contributed by atoms with Crippen LogP contribution >= 0.6 is 0 Å². The van der Waals surface area contributed by atoms with Gasteiger partial charge in [0.1, 0.15) is 5.75 Å². The van der Waals surface area contributed by atoms with Crippen molar-refractivity contribution in [2.24, 2.45) is 0 Å². The van der Waals surface area contributed by atoms with Crippen molar-refractivity contribution in [3.8, 4) is 5.75 Å². The van der Waals surface area contributed by atoms with E-state index in [9.17, 15) is 4.79 Å². The largest absolute Gasteiger partial charge is 0.494 e. The smallest absolute Gasteiger partial charge is 0.236 e. The zero-order chi connectivity index (χ0) is 22.2. The molecule has 2 heterocycles. The lowest BCUT2D eigenvalue weighted by Crippen LogP contribution is -2.53. The number of hydrogen-bond acceptors (Lipinski definition) is 5. The molecule has 2 fully saturated rings. The molecule has 6 heteroatoms. The summed E-state index contributed by atoms with van der Waals surface area (Å²) in [6, 6.07) is 19.0. The van der Waals surface area contributed by atoms with E-state index in [1.807, 2.05) is 24.0 Å². The molecule has 0 N–H and O–H groups in total. The summed E-state index contributed by atoms with van der Waals surface area (Å²) in [6.45, 7) is 12.7. The van der Waals surface area contributed by atoms with Crippen LogP contribution in [0.15, 0.2) is 54.6 Å². The monoisotopic (exact) mass is 436 g/mol. The highest BCUT2D eigenvalue weighted by Crippen LogP contribution is 2.15. The molecule has 2 aliphatic heterocycles. The van der Waals surface area contributed by atoms with Crippen molar-refractivity contribution in [2.75, 3.05) is 65.5 Å². The van der Waals surface area contributed by atoms with Crippen LogP contribution in [0.25, 0.3) is 0 Å². The highest BCUT2D eigenvalue weighted by atomic mass is 16.5. The van der Waals surface area contributed by atoms with Crippen molar-refractivity contribution < 1.29 is 9.53 Å². The van der Waals surface area contributed by atoms with Gasteiger partial charge in [0.25, 0.3) is 0 Å². The number of rotatable bonds is 8. The van der Waals surface area contributed by atoms with E-state index >= 15 is 0 Å². The summed E-state index contributed by atoms with van der Waals surface area (Å²) in [4.78, 5) is 22.1. The average Bonchev–Trinajstić information content (AvgIpc) is 2.83. The first kappa shape index (κ1) is 22.8. The highest BCUT2D eigenvalue weighted by molar-refractivity contribution is 5.78. The number of carbonyl (C=O) groups excluding carboxylic acids is 1. The standard InChI is InChI=1S/C26H36N4O2/c1-2-32-25-10-8-24(9-11-25)21-27-12-14-29(15-13-27)22-26(31)30-18-16-28(17-19-30)20-23-6-4-3-5-7-23/h3-11H,2,12-22H2,1H3. The van der Waals surface area contributed by atoms with E-state index in [4.69, 9.17) is 4.74 Å². The van der Waals surface area contributed by atoms with Crippen LogP contribution in [0.3, 0.4) is 0 Å². The molecule has 2 aromatic carbocycles. The molecule has 2 aliphatic rings. The predicted octanol–water partition coefficient (Wildman–Crippen LogP) is 2.55. The summed E-state index contributed by atoms with van der Waals surface area (Å²) in [7, 11) is 0. The van der Waals surface area contributed by atoms with Crippen LogP contribution in [-0.2, 0) is 17.9 Å². The second kappa shape index (κ2) is 11.5. The number of carbonyl (C=O) groups is 1.